The molecule has 2 N–H and O–H groups in total. The minimum absolute atomic E-state index is 0.124. The molecule has 3 aromatic rings. The Bertz CT molecular complexity index is 770. The van der Waals surface area contributed by atoms with Crippen LogP contribution >= 0.6 is 11.3 Å². The number of amides is 1. The molecule has 0 radical (unpaired) electrons. The Hall–Kier alpha value is -2.66. The monoisotopic (exact) mass is 312 g/mol. The van der Waals surface area contributed by atoms with Crippen molar-refractivity contribution in [1.82, 2.24) is 0 Å². The fourth-order valence-corrected chi connectivity index (χ4v) is 2.59. The molecule has 5 heteroatoms. The third kappa shape index (κ3) is 3.51. The standard InChI is InChI=1S/C17H13FN2OS/c18-12-3-1-4-15(11-12)19-13-6-8-14(9-7-13)20-17(21)16-5-2-10-22-16/h1-11,19H,(H,20,21). The molecule has 1 aromatic heterocycles. The zero-order chi connectivity index (χ0) is 15.4. The summed E-state index contributed by atoms with van der Waals surface area (Å²) >= 11 is 1.40. The molecule has 0 bridgehead atoms. The third-order valence-corrected chi connectivity index (χ3v) is 3.87. The highest BCUT2D eigenvalue weighted by Gasteiger charge is 2.06. The minimum atomic E-state index is -0.287. The van der Waals surface area contributed by atoms with Gasteiger partial charge in [0.25, 0.3) is 5.91 Å². The number of halogens is 1. The van der Waals surface area contributed by atoms with Crippen molar-refractivity contribution in [3.05, 3.63) is 76.7 Å². The number of nitrogens with one attached hydrogen (secondary N) is 2. The molecule has 22 heavy (non-hydrogen) atoms. The molecule has 1 amide bonds. The quantitative estimate of drug-likeness (QED) is 0.720. The number of carbonyl (C=O) groups is 1. The summed E-state index contributed by atoms with van der Waals surface area (Å²) in [5.41, 5.74) is 2.21. The van der Waals surface area contributed by atoms with Crippen LogP contribution in [0.4, 0.5) is 21.5 Å². The lowest BCUT2D eigenvalue weighted by molar-refractivity contribution is 0.103. The molecule has 0 atom stereocenters. The predicted molar refractivity (Wildman–Crippen MR) is 88.4 cm³/mol. The van der Waals surface area contributed by atoms with Crippen LogP contribution in [-0.4, -0.2) is 5.91 Å². The summed E-state index contributed by atoms with van der Waals surface area (Å²) in [6.45, 7) is 0. The molecule has 1 heterocycles. The first kappa shape index (κ1) is 14.3. The molecule has 0 saturated carbocycles. The Morgan fingerprint density at radius 2 is 1.68 bits per heavy atom. The summed E-state index contributed by atoms with van der Waals surface area (Å²) in [6, 6.07) is 17.1. The van der Waals surface area contributed by atoms with Gasteiger partial charge < -0.3 is 10.6 Å². The molecular weight excluding hydrogens is 299 g/mol. The van der Waals surface area contributed by atoms with Crippen molar-refractivity contribution < 1.29 is 9.18 Å². The Morgan fingerprint density at radius 3 is 2.36 bits per heavy atom. The maximum Gasteiger partial charge on any atom is 0.265 e. The number of thiophene rings is 1. The average molecular weight is 312 g/mol. The van der Waals surface area contributed by atoms with Crippen molar-refractivity contribution in [2.24, 2.45) is 0 Å². The SMILES string of the molecule is O=C(Nc1ccc(Nc2cccc(F)c2)cc1)c1cccs1. The number of rotatable bonds is 4. The highest BCUT2D eigenvalue weighted by atomic mass is 32.1. The maximum atomic E-state index is 13.1. The van der Waals surface area contributed by atoms with Gasteiger partial charge in [-0.1, -0.05) is 12.1 Å². The Morgan fingerprint density at radius 1 is 0.909 bits per heavy atom. The van der Waals surface area contributed by atoms with Crippen molar-refractivity contribution in [1.29, 1.82) is 0 Å². The van der Waals surface area contributed by atoms with E-state index in [0.717, 1.165) is 5.69 Å². The lowest BCUT2D eigenvalue weighted by Crippen LogP contribution is -2.09. The molecule has 0 aliphatic heterocycles. The summed E-state index contributed by atoms with van der Waals surface area (Å²) in [4.78, 5) is 12.6. The van der Waals surface area contributed by atoms with Gasteiger partial charge in [-0.05, 0) is 53.9 Å². The Labute approximate surface area is 131 Å². The van der Waals surface area contributed by atoms with Gasteiger partial charge in [-0.15, -0.1) is 11.3 Å². The summed E-state index contributed by atoms with van der Waals surface area (Å²) < 4.78 is 13.1. The van der Waals surface area contributed by atoms with Crippen LogP contribution < -0.4 is 10.6 Å². The van der Waals surface area contributed by atoms with Crippen LogP contribution in [0.3, 0.4) is 0 Å². The molecule has 3 nitrogen and oxygen atoms in total. The second-order valence-electron chi connectivity index (χ2n) is 4.64. The molecule has 3 rings (SSSR count). The second-order valence-corrected chi connectivity index (χ2v) is 5.59. The number of benzene rings is 2. The summed E-state index contributed by atoms with van der Waals surface area (Å²) in [6.07, 6.45) is 0. The molecule has 0 spiro atoms. The van der Waals surface area contributed by atoms with Gasteiger partial charge in [0.15, 0.2) is 0 Å². The van der Waals surface area contributed by atoms with E-state index in [4.69, 9.17) is 0 Å². The number of carbonyl (C=O) groups excluding carboxylic acids is 1. The van der Waals surface area contributed by atoms with Crippen LogP contribution in [0.15, 0.2) is 66.0 Å². The van der Waals surface area contributed by atoms with Crippen LogP contribution in [0, 0.1) is 5.82 Å². The van der Waals surface area contributed by atoms with E-state index in [2.05, 4.69) is 10.6 Å². The zero-order valence-corrected chi connectivity index (χ0v) is 12.4. The van der Waals surface area contributed by atoms with Gasteiger partial charge in [0.2, 0.25) is 0 Å². The van der Waals surface area contributed by atoms with Crippen molar-refractivity contribution in [3.8, 4) is 0 Å². The molecule has 0 saturated heterocycles. The van der Waals surface area contributed by atoms with Crippen LogP contribution in [0.5, 0.6) is 0 Å². The molecule has 110 valence electrons. The average Bonchev–Trinajstić information content (AvgIpc) is 3.04. The van der Waals surface area contributed by atoms with E-state index in [9.17, 15) is 9.18 Å². The first-order valence-corrected chi connectivity index (χ1v) is 7.56. The van der Waals surface area contributed by atoms with E-state index in [-0.39, 0.29) is 11.7 Å². The van der Waals surface area contributed by atoms with E-state index in [1.165, 1.54) is 23.5 Å². The van der Waals surface area contributed by atoms with Gasteiger partial charge in [0, 0.05) is 17.1 Å². The Balaban J connectivity index is 1.66. The lowest BCUT2D eigenvalue weighted by Gasteiger charge is -2.08. The normalized spacial score (nSPS) is 10.2. The summed E-state index contributed by atoms with van der Waals surface area (Å²) in [5, 5.41) is 7.79. The summed E-state index contributed by atoms with van der Waals surface area (Å²) in [5.74, 6) is -0.411. The van der Waals surface area contributed by atoms with Gasteiger partial charge in [-0.3, -0.25) is 4.79 Å². The van der Waals surface area contributed by atoms with Crippen LogP contribution in [0.1, 0.15) is 9.67 Å². The summed E-state index contributed by atoms with van der Waals surface area (Å²) in [7, 11) is 0. The van der Waals surface area contributed by atoms with E-state index in [1.807, 2.05) is 23.6 Å². The van der Waals surface area contributed by atoms with Gasteiger partial charge in [0.05, 0.1) is 4.88 Å². The van der Waals surface area contributed by atoms with E-state index in [0.29, 0.717) is 16.3 Å². The molecule has 0 aliphatic rings. The van der Waals surface area contributed by atoms with Gasteiger partial charge >= 0.3 is 0 Å². The zero-order valence-electron chi connectivity index (χ0n) is 11.5. The van der Waals surface area contributed by atoms with Crippen LogP contribution in [-0.2, 0) is 0 Å². The predicted octanol–water partition coefficient (Wildman–Crippen LogP) is 4.88. The topological polar surface area (TPSA) is 41.1 Å². The second kappa shape index (κ2) is 6.41. The van der Waals surface area contributed by atoms with Crippen molar-refractivity contribution >= 4 is 34.3 Å². The van der Waals surface area contributed by atoms with Crippen molar-refractivity contribution in [2.75, 3.05) is 10.6 Å². The van der Waals surface area contributed by atoms with Gasteiger partial charge in [-0.25, -0.2) is 4.39 Å². The number of hydrogen-bond acceptors (Lipinski definition) is 3. The van der Waals surface area contributed by atoms with Crippen molar-refractivity contribution in [2.45, 2.75) is 0 Å². The van der Waals surface area contributed by atoms with Gasteiger partial charge in [-0.2, -0.15) is 0 Å². The van der Waals surface area contributed by atoms with Crippen LogP contribution in [0.25, 0.3) is 0 Å². The van der Waals surface area contributed by atoms with Crippen LogP contribution in [0.2, 0.25) is 0 Å². The highest BCUT2D eigenvalue weighted by Crippen LogP contribution is 2.20. The first-order valence-electron chi connectivity index (χ1n) is 6.68. The highest BCUT2D eigenvalue weighted by molar-refractivity contribution is 7.12. The molecule has 0 fully saturated rings. The molecule has 0 aliphatic carbocycles. The number of hydrogen-bond donors (Lipinski definition) is 2. The third-order valence-electron chi connectivity index (χ3n) is 3.00. The van der Waals surface area contributed by atoms with E-state index >= 15 is 0 Å². The number of anilines is 3. The lowest BCUT2D eigenvalue weighted by atomic mass is 10.2. The smallest absolute Gasteiger partial charge is 0.265 e. The fraction of sp³-hybridized carbons (Fsp3) is 0. The first-order chi connectivity index (χ1) is 10.7. The Kier molecular flexibility index (Phi) is 4.16. The fourth-order valence-electron chi connectivity index (χ4n) is 1.97. The van der Waals surface area contributed by atoms with Gasteiger partial charge in [0.1, 0.15) is 5.82 Å². The van der Waals surface area contributed by atoms with E-state index in [1.54, 1.807) is 30.3 Å². The minimum Gasteiger partial charge on any atom is -0.355 e. The molecule has 2 aromatic carbocycles. The largest absolute Gasteiger partial charge is 0.355 e. The maximum absolute atomic E-state index is 13.1. The molecular formula is C17H13FN2OS. The van der Waals surface area contributed by atoms with Crippen molar-refractivity contribution in [3.63, 3.8) is 0 Å². The molecule has 0 unspecified atom stereocenters. The van der Waals surface area contributed by atoms with E-state index < -0.39 is 0 Å².